The lowest BCUT2D eigenvalue weighted by Crippen LogP contribution is -1.97. The maximum Gasteiger partial charge on any atom is 0.216 e. The molecule has 0 aliphatic rings. The van der Waals surface area contributed by atoms with Crippen molar-refractivity contribution >= 4 is 0 Å². The van der Waals surface area contributed by atoms with Crippen molar-refractivity contribution in [2.75, 3.05) is 6.61 Å². The summed E-state index contributed by atoms with van der Waals surface area (Å²) in [5.41, 5.74) is 0.640. The van der Waals surface area contributed by atoms with Crippen LogP contribution >= 0.6 is 0 Å². The van der Waals surface area contributed by atoms with Gasteiger partial charge in [0.25, 0.3) is 0 Å². The lowest BCUT2D eigenvalue weighted by atomic mass is 10.2. The van der Waals surface area contributed by atoms with Crippen LogP contribution in [0.5, 0.6) is 5.88 Å². The van der Waals surface area contributed by atoms with E-state index in [2.05, 4.69) is 9.97 Å². The molecule has 82 valence electrons. The van der Waals surface area contributed by atoms with E-state index in [0.717, 1.165) is 0 Å². The summed E-state index contributed by atoms with van der Waals surface area (Å²) in [6.07, 6.45) is 1.60. The van der Waals surface area contributed by atoms with E-state index in [0.29, 0.717) is 23.9 Å². The largest absolute Gasteiger partial charge is 0.478 e. The van der Waals surface area contributed by atoms with Crippen molar-refractivity contribution in [2.24, 2.45) is 0 Å². The zero-order chi connectivity index (χ0) is 11.4. The van der Waals surface area contributed by atoms with Crippen LogP contribution in [-0.2, 0) is 0 Å². The molecule has 0 aliphatic carbocycles. The van der Waals surface area contributed by atoms with Gasteiger partial charge in [-0.2, -0.15) is 4.98 Å². The Hall–Kier alpha value is -1.97. The predicted octanol–water partition coefficient (Wildman–Crippen LogP) is 2.68. The van der Waals surface area contributed by atoms with Gasteiger partial charge in [-0.3, -0.25) is 0 Å². The topological polar surface area (TPSA) is 35.0 Å². The number of halogens is 1. The SMILES string of the molecule is CCOc1ccnc(-c2cccc(F)c2)n1. The highest BCUT2D eigenvalue weighted by Crippen LogP contribution is 2.17. The van der Waals surface area contributed by atoms with E-state index in [1.54, 1.807) is 24.4 Å². The standard InChI is InChI=1S/C12H11FN2O/c1-2-16-11-6-7-14-12(15-11)9-4-3-5-10(13)8-9/h3-8H,2H2,1H3. The van der Waals surface area contributed by atoms with E-state index >= 15 is 0 Å². The molecule has 0 saturated heterocycles. The highest BCUT2D eigenvalue weighted by molar-refractivity contribution is 5.54. The van der Waals surface area contributed by atoms with Gasteiger partial charge in [0.2, 0.25) is 5.88 Å². The molecule has 4 heteroatoms. The van der Waals surface area contributed by atoms with Crippen molar-refractivity contribution in [3.05, 3.63) is 42.3 Å². The van der Waals surface area contributed by atoms with Gasteiger partial charge in [0.05, 0.1) is 6.61 Å². The van der Waals surface area contributed by atoms with Crippen LogP contribution in [0.2, 0.25) is 0 Å². The number of hydrogen-bond acceptors (Lipinski definition) is 3. The molecule has 0 amide bonds. The maximum absolute atomic E-state index is 13.0. The maximum atomic E-state index is 13.0. The quantitative estimate of drug-likeness (QED) is 0.794. The molecule has 0 unspecified atom stereocenters. The smallest absolute Gasteiger partial charge is 0.216 e. The monoisotopic (exact) mass is 218 g/mol. The number of aromatic nitrogens is 2. The summed E-state index contributed by atoms with van der Waals surface area (Å²) in [7, 11) is 0. The molecule has 2 rings (SSSR count). The summed E-state index contributed by atoms with van der Waals surface area (Å²) in [6.45, 7) is 2.42. The molecule has 3 nitrogen and oxygen atoms in total. The Morgan fingerprint density at radius 1 is 1.31 bits per heavy atom. The first kappa shape index (κ1) is 10.5. The molecule has 1 aromatic carbocycles. The van der Waals surface area contributed by atoms with E-state index in [4.69, 9.17) is 4.74 Å². The second-order valence-electron chi connectivity index (χ2n) is 3.16. The minimum atomic E-state index is -0.303. The molecule has 1 heterocycles. The average Bonchev–Trinajstić information content (AvgIpc) is 2.30. The Bertz CT molecular complexity index is 488. The molecule has 0 spiro atoms. The Balaban J connectivity index is 2.36. The number of hydrogen-bond donors (Lipinski definition) is 0. The highest BCUT2D eigenvalue weighted by Gasteiger charge is 2.03. The lowest BCUT2D eigenvalue weighted by Gasteiger charge is -2.04. The fourth-order valence-electron chi connectivity index (χ4n) is 1.34. The van der Waals surface area contributed by atoms with Crippen LogP contribution in [-0.4, -0.2) is 16.6 Å². The van der Waals surface area contributed by atoms with Crippen LogP contribution in [0, 0.1) is 5.82 Å². The molecule has 0 saturated carbocycles. The Labute approximate surface area is 92.9 Å². The molecule has 0 aliphatic heterocycles. The predicted molar refractivity (Wildman–Crippen MR) is 58.6 cm³/mol. The number of ether oxygens (including phenoxy) is 1. The molecular weight excluding hydrogens is 207 g/mol. The van der Waals surface area contributed by atoms with Gasteiger partial charge in [-0.1, -0.05) is 12.1 Å². The summed E-state index contributed by atoms with van der Waals surface area (Å²) in [4.78, 5) is 8.25. The van der Waals surface area contributed by atoms with Gasteiger partial charge in [0.1, 0.15) is 5.82 Å². The van der Waals surface area contributed by atoms with Gasteiger partial charge in [-0.15, -0.1) is 0 Å². The third kappa shape index (κ3) is 2.34. The number of benzene rings is 1. The van der Waals surface area contributed by atoms with E-state index in [1.807, 2.05) is 6.92 Å². The lowest BCUT2D eigenvalue weighted by molar-refractivity contribution is 0.326. The summed E-state index contributed by atoms with van der Waals surface area (Å²) < 4.78 is 18.3. The van der Waals surface area contributed by atoms with Gasteiger partial charge in [0.15, 0.2) is 5.82 Å². The summed E-state index contributed by atoms with van der Waals surface area (Å²) in [5.74, 6) is 0.658. The fraction of sp³-hybridized carbons (Fsp3) is 0.167. The highest BCUT2D eigenvalue weighted by atomic mass is 19.1. The zero-order valence-electron chi connectivity index (χ0n) is 8.85. The van der Waals surface area contributed by atoms with Crippen molar-refractivity contribution in [2.45, 2.75) is 6.92 Å². The minimum absolute atomic E-state index is 0.303. The number of rotatable bonds is 3. The van der Waals surface area contributed by atoms with E-state index in [-0.39, 0.29) is 5.82 Å². The molecular formula is C12H11FN2O. The van der Waals surface area contributed by atoms with Gasteiger partial charge in [0, 0.05) is 17.8 Å². The van der Waals surface area contributed by atoms with Crippen LogP contribution in [0.4, 0.5) is 4.39 Å². The van der Waals surface area contributed by atoms with Gasteiger partial charge >= 0.3 is 0 Å². The average molecular weight is 218 g/mol. The number of nitrogens with zero attached hydrogens (tertiary/aromatic N) is 2. The third-order valence-corrected chi connectivity index (χ3v) is 2.01. The second kappa shape index (κ2) is 4.70. The van der Waals surface area contributed by atoms with Gasteiger partial charge < -0.3 is 4.74 Å². The Morgan fingerprint density at radius 3 is 2.94 bits per heavy atom. The summed E-state index contributed by atoms with van der Waals surface area (Å²) >= 11 is 0. The normalized spacial score (nSPS) is 10.1. The van der Waals surface area contributed by atoms with Crippen molar-refractivity contribution in [1.29, 1.82) is 0 Å². The molecule has 0 N–H and O–H groups in total. The summed E-state index contributed by atoms with van der Waals surface area (Å²) in [5, 5.41) is 0. The second-order valence-corrected chi connectivity index (χ2v) is 3.16. The van der Waals surface area contributed by atoms with Crippen LogP contribution in [0.25, 0.3) is 11.4 Å². The van der Waals surface area contributed by atoms with Gasteiger partial charge in [-0.25, -0.2) is 9.37 Å². The van der Waals surface area contributed by atoms with Crippen LogP contribution in [0.3, 0.4) is 0 Å². The Kier molecular flexibility index (Phi) is 3.10. The first-order valence-corrected chi connectivity index (χ1v) is 5.01. The molecule has 16 heavy (non-hydrogen) atoms. The first-order valence-electron chi connectivity index (χ1n) is 5.01. The third-order valence-electron chi connectivity index (χ3n) is 2.01. The minimum Gasteiger partial charge on any atom is -0.478 e. The van der Waals surface area contributed by atoms with Crippen LogP contribution < -0.4 is 4.74 Å². The first-order chi connectivity index (χ1) is 7.79. The summed E-state index contributed by atoms with van der Waals surface area (Å²) in [6, 6.07) is 7.84. The molecule has 0 atom stereocenters. The fourth-order valence-corrected chi connectivity index (χ4v) is 1.34. The van der Waals surface area contributed by atoms with E-state index in [9.17, 15) is 4.39 Å². The van der Waals surface area contributed by atoms with E-state index < -0.39 is 0 Å². The molecule has 2 aromatic rings. The van der Waals surface area contributed by atoms with E-state index in [1.165, 1.54) is 12.1 Å². The molecule has 0 radical (unpaired) electrons. The van der Waals surface area contributed by atoms with Crippen LogP contribution in [0.1, 0.15) is 6.92 Å². The van der Waals surface area contributed by atoms with Crippen molar-refractivity contribution in [3.8, 4) is 17.3 Å². The van der Waals surface area contributed by atoms with Gasteiger partial charge in [-0.05, 0) is 19.1 Å². The molecule has 0 bridgehead atoms. The van der Waals surface area contributed by atoms with Crippen molar-refractivity contribution in [1.82, 2.24) is 9.97 Å². The van der Waals surface area contributed by atoms with Crippen molar-refractivity contribution < 1.29 is 9.13 Å². The Morgan fingerprint density at radius 2 is 2.19 bits per heavy atom. The molecule has 1 aromatic heterocycles. The van der Waals surface area contributed by atoms with Crippen LogP contribution in [0.15, 0.2) is 36.5 Å². The zero-order valence-corrected chi connectivity index (χ0v) is 8.85. The molecule has 0 fully saturated rings. The van der Waals surface area contributed by atoms with Crippen molar-refractivity contribution in [3.63, 3.8) is 0 Å².